The van der Waals surface area contributed by atoms with Gasteiger partial charge in [-0.25, -0.2) is 0 Å². The van der Waals surface area contributed by atoms with Crippen LogP contribution in [-0.4, -0.2) is 9.67 Å². The zero-order chi connectivity index (χ0) is 12.4. The van der Waals surface area contributed by atoms with Crippen molar-refractivity contribution in [1.82, 2.24) is 0 Å². The SMILES string of the molecule is CCCCCCCCCC(Br)SC(F)(F)F. The van der Waals surface area contributed by atoms with Crippen LogP contribution in [0.5, 0.6) is 0 Å². The molecular formula is C11H20BrF3S. The van der Waals surface area contributed by atoms with Gasteiger partial charge >= 0.3 is 5.51 Å². The Hall–Kier alpha value is 0.620. The van der Waals surface area contributed by atoms with E-state index in [1.165, 1.54) is 25.7 Å². The lowest BCUT2D eigenvalue weighted by Gasteiger charge is -2.11. The fraction of sp³-hybridized carbons (Fsp3) is 1.00. The number of halogens is 4. The predicted octanol–water partition coefficient (Wildman–Crippen LogP) is 6.10. The van der Waals surface area contributed by atoms with E-state index in [4.69, 9.17) is 0 Å². The normalized spacial score (nSPS) is 14.1. The standard InChI is InChI=1S/C11H20BrF3S/c1-2-3-4-5-6-7-8-9-10(12)16-11(13,14)15/h10H,2-9H2,1H3. The van der Waals surface area contributed by atoms with Crippen molar-refractivity contribution >= 4 is 27.7 Å². The number of thioether (sulfide) groups is 1. The highest BCUT2D eigenvalue weighted by Gasteiger charge is 2.31. The van der Waals surface area contributed by atoms with Crippen LogP contribution in [0.2, 0.25) is 0 Å². The maximum atomic E-state index is 12.0. The van der Waals surface area contributed by atoms with Gasteiger partial charge in [0.1, 0.15) is 0 Å². The molecule has 0 rings (SSSR count). The number of hydrogen-bond acceptors (Lipinski definition) is 1. The Labute approximate surface area is 109 Å². The van der Waals surface area contributed by atoms with Crippen molar-refractivity contribution in [3.8, 4) is 0 Å². The van der Waals surface area contributed by atoms with Crippen molar-refractivity contribution in [1.29, 1.82) is 0 Å². The lowest BCUT2D eigenvalue weighted by molar-refractivity contribution is -0.0329. The second kappa shape index (κ2) is 9.63. The molecule has 0 aromatic heterocycles. The lowest BCUT2D eigenvalue weighted by atomic mass is 10.1. The summed E-state index contributed by atoms with van der Waals surface area (Å²) in [5, 5.41) is 0. The molecule has 0 N–H and O–H groups in total. The van der Waals surface area contributed by atoms with Gasteiger partial charge in [-0.1, -0.05) is 67.8 Å². The molecule has 0 fully saturated rings. The highest BCUT2D eigenvalue weighted by atomic mass is 79.9. The summed E-state index contributed by atoms with van der Waals surface area (Å²) < 4.78 is 35.4. The molecule has 16 heavy (non-hydrogen) atoms. The first-order chi connectivity index (χ1) is 7.45. The van der Waals surface area contributed by atoms with Gasteiger partial charge in [0.2, 0.25) is 0 Å². The number of alkyl halides is 4. The highest BCUT2D eigenvalue weighted by Crippen LogP contribution is 2.38. The van der Waals surface area contributed by atoms with Crippen LogP contribution in [0, 0.1) is 0 Å². The molecule has 0 aliphatic rings. The molecule has 0 bridgehead atoms. The topological polar surface area (TPSA) is 0 Å². The molecule has 0 radical (unpaired) electrons. The largest absolute Gasteiger partial charge is 0.442 e. The quantitative estimate of drug-likeness (QED) is 0.365. The van der Waals surface area contributed by atoms with E-state index < -0.39 is 9.67 Å². The summed E-state index contributed by atoms with van der Waals surface area (Å²) in [5.41, 5.74) is -4.12. The van der Waals surface area contributed by atoms with E-state index in [0.717, 1.165) is 19.3 Å². The second-order valence-electron chi connectivity index (χ2n) is 3.88. The minimum absolute atomic E-state index is 0.0453. The maximum absolute atomic E-state index is 12.0. The smallest absolute Gasteiger partial charge is 0.160 e. The average molecular weight is 321 g/mol. The molecule has 0 saturated carbocycles. The Morgan fingerprint density at radius 2 is 1.50 bits per heavy atom. The van der Waals surface area contributed by atoms with Crippen LogP contribution in [0.15, 0.2) is 0 Å². The van der Waals surface area contributed by atoms with Crippen LogP contribution in [-0.2, 0) is 0 Å². The van der Waals surface area contributed by atoms with Gasteiger partial charge in [-0.3, -0.25) is 0 Å². The van der Waals surface area contributed by atoms with Crippen molar-refractivity contribution < 1.29 is 13.2 Å². The minimum Gasteiger partial charge on any atom is -0.160 e. The maximum Gasteiger partial charge on any atom is 0.442 e. The summed E-state index contributed by atoms with van der Waals surface area (Å²) in [4.78, 5) is 0. The zero-order valence-corrected chi connectivity index (χ0v) is 12.1. The van der Waals surface area contributed by atoms with Crippen molar-refractivity contribution in [2.75, 3.05) is 0 Å². The zero-order valence-electron chi connectivity index (χ0n) is 9.65. The van der Waals surface area contributed by atoms with Gasteiger partial charge in [-0.15, -0.1) is 0 Å². The van der Waals surface area contributed by atoms with Gasteiger partial charge in [0.25, 0.3) is 0 Å². The first-order valence-corrected chi connectivity index (χ1v) is 7.64. The fourth-order valence-electron chi connectivity index (χ4n) is 1.47. The Kier molecular flexibility index (Phi) is 10.0. The van der Waals surface area contributed by atoms with Crippen molar-refractivity contribution in [3.63, 3.8) is 0 Å². The van der Waals surface area contributed by atoms with E-state index in [2.05, 4.69) is 22.9 Å². The summed E-state index contributed by atoms with van der Waals surface area (Å²) in [7, 11) is 0. The van der Waals surface area contributed by atoms with Crippen molar-refractivity contribution in [2.45, 2.75) is 68.0 Å². The second-order valence-corrected chi connectivity index (χ2v) is 6.86. The molecule has 0 heterocycles. The van der Waals surface area contributed by atoms with E-state index in [0.29, 0.717) is 6.42 Å². The van der Waals surface area contributed by atoms with Gasteiger partial charge in [0.05, 0.1) is 4.16 Å². The predicted molar refractivity (Wildman–Crippen MR) is 69.0 cm³/mol. The fourth-order valence-corrected chi connectivity index (χ4v) is 3.00. The summed E-state index contributed by atoms with van der Waals surface area (Å²) in [6.07, 6.45) is 8.64. The third kappa shape index (κ3) is 12.7. The van der Waals surface area contributed by atoms with E-state index in [1.807, 2.05) is 0 Å². The first kappa shape index (κ1) is 16.6. The Morgan fingerprint density at radius 3 is 2.00 bits per heavy atom. The summed E-state index contributed by atoms with van der Waals surface area (Å²) in [6, 6.07) is 0. The van der Waals surface area contributed by atoms with Crippen molar-refractivity contribution in [2.24, 2.45) is 0 Å². The van der Waals surface area contributed by atoms with Crippen LogP contribution in [0.25, 0.3) is 0 Å². The molecule has 0 aromatic carbocycles. The molecule has 0 nitrogen and oxygen atoms in total. The van der Waals surface area contributed by atoms with Gasteiger partial charge in [0, 0.05) is 0 Å². The highest BCUT2D eigenvalue weighted by molar-refractivity contribution is 9.11. The third-order valence-corrected chi connectivity index (χ3v) is 4.07. The first-order valence-electron chi connectivity index (χ1n) is 5.84. The molecule has 98 valence electrons. The summed E-state index contributed by atoms with van der Waals surface area (Å²) >= 11 is 3.10. The van der Waals surface area contributed by atoms with Crippen LogP contribution in [0.1, 0.15) is 58.3 Å². The van der Waals surface area contributed by atoms with Crippen molar-refractivity contribution in [3.05, 3.63) is 0 Å². The Bertz CT molecular complexity index is 162. The molecule has 0 saturated heterocycles. The van der Waals surface area contributed by atoms with Crippen LogP contribution < -0.4 is 0 Å². The van der Waals surface area contributed by atoms with Gasteiger partial charge < -0.3 is 0 Å². The molecule has 0 spiro atoms. The molecule has 1 atom stereocenters. The number of hydrogen-bond donors (Lipinski definition) is 0. The third-order valence-electron chi connectivity index (χ3n) is 2.30. The Balaban J connectivity index is 3.25. The molecule has 0 amide bonds. The van der Waals surface area contributed by atoms with E-state index in [-0.39, 0.29) is 11.8 Å². The average Bonchev–Trinajstić information content (AvgIpc) is 2.13. The molecular weight excluding hydrogens is 301 g/mol. The molecule has 1 unspecified atom stereocenters. The molecule has 5 heteroatoms. The lowest BCUT2D eigenvalue weighted by Crippen LogP contribution is -2.06. The van der Waals surface area contributed by atoms with Gasteiger partial charge in [0.15, 0.2) is 0 Å². The molecule has 0 aliphatic carbocycles. The number of rotatable bonds is 9. The minimum atomic E-state index is -4.12. The molecule has 0 aliphatic heterocycles. The molecule has 0 aromatic rings. The summed E-state index contributed by atoms with van der Waals surface area (Å²) in [5.74, 6) is 0. The van der Waals surface area contributed by atoms with Gasteiger partial charge in [-0.2, -0.15) is 13.2 Å². The van der Waals surface area contributed by atoms with Gasteiger partial charge in [-0.05, 0) is 18.2 Å². The number of unbranched alkanes of at least 4 members (excludes halogenated alkanes) is 6. The van der Waals surface area contributed by atoms with E-state index in [1.54, 1.807) is 0 Å². The van der Waals surface area contributed by atoms with E-state index in [9.17, 15) is 13.2 Å². The Morgan fingerprint density at radius 1 is 1.00 bits per heavy atom. The van der Waals surface area contributed by atoms with Crippen LogP contribution in [0.3, 0.4) is 0 Å². The summed E-state index contributed by atoms with van der Waals surface area (Å²) in [6.45, 7) is 2.17. The van der Waals surface area contributed by atoms with Crippen LogP contribution >= 0.6 is 27.7 Å². The van der Waals surface area contributed by atoms with E-state index >= 15 is 0 Å². The van der Waals surface area contributed by atoms with Crippen LogP contribution in [0.4, 0.5) is 13.2 Å². The monoisotopic (exact) mass is 320 g/mol.